The smallest absolute Gasteiger partial charge is 0.267 e. The summed E-state index contributed by atoms with van der Waals surface area (Å²) in [6.07, 6.45) is 5.37. The van der Waals surface area contributed by atoms with Gasteiger partial charge < -0.3 is 0 Å². The molecule has 0 radical (unpaired) electrons. The van der Waals surface area contributed by atoms with E-state index in [1.54, 1.807) is 9.34 Å². The van der Waals surface area contributed by atoms with Crippen LogP contribution in [-0.4, -0.2) is 9.33 Å². The maximum Gasteiger partial charge on any atom is 0.279 e. The quantitative estimate of drug-likeness (QED) is 0.544. The average Bonchev–Trinajstić information content (AvgIpc) is 2.60. The van der Waals surface area contributed by atoms with Crippen LogP contribution in [0.1, 0.15) is 39.0 Å². The Morgan fingerprint density at radius 1 is 1.44 bits per heavy atom. The lowest BCUT2D eigenvalue weighted by atomic mass is 10.1. The van der Waals surface area contributed by atoms with Gasteiger partial charge in [-0.15, -0.1) is 11.6 Å². The van der Waals surface area contributed by atoms with E-state index < -0.39 is 0 Å². The van der Waals surface area contributed by atoms with E-state index in [2.05, 4.69) is 6.92 Å². The molecule has 0 bridgehead atoms. The van der Waals surface area contributed by atoms with Crippen LogP contribution >= 0.6 is 34.7 Å². The summed E-state index contributed by atoms with van der Waals surface area (Å²) in [4.78, 5) is 11.4. The molecule has 0 spiro atoms. The van der Waals surface area contributed by atoms with Crippen LogP contribution in [0.3, 0.4) is 0 Å². The predicted octanol–water partition coefficient (Wildman–Crippen LogP) is 4.14. The van der Waals surface area contributed by atoms with Crippen LogP contribution < -0.4 is 5.56 Å². The van der Waals surface area contributed by atoms with Gasteiger partial charge in [-0.25, -0.2) is 0 Å². The minimum atomic E-state index is -0.0598. The van der Waals surface area contributed by atoms with Gasteiger partial charge in [-0.3, -0.25) is 8.75 Å². The van der Waals surface area contributed by atoms with Gasteiger partial charge in [0.05, 0.1) is 0 Å². The lowest BCUT2D eigenvalue weighted by molar-refractivity contribution is 0.572. The molecular formula is C11H17Cl2NOS. The molecule has 1 rings (SSSR count). The van der Waals surface area contributed by atoms with Crippen molar-refractivity contribution in [2.45, 2.75) is 50.9 Å². The average molecular weight is 282 g/mol. The normalized spacial score (nSPS) is 12.9. The lowest BCUT2D eigenvalue weighted by Gasteiger charge is -2.05. The largest absolute Gasteiger partial charge is 0.279 e. The minimum Gasteiger partial charge on any atom is -0.267 e. The zero-order chi connectivity index (χ0) is 12.0. The SMILES string of the molecule is CCC(Cl)CCCCCn1scc(Cl)c1=O. The van der Waals surface area contributed by atoms with E-state index in [9.17, 15) is 4.79 Å². The maximum atomic E-state index is 11.4. The van der Waals surface area contributed by atoms with E-state index in [1.165, 1.54) is 11.5 Å². The molecule has 0 N–H and O–H groups in total. The fourth-order valence-corrected chi connectivity index (χ4v) is 2.66. The number of halogens is 2. The zero-order valence-corrected chi connectivity index (χ0v) is 11.7. The van der Waals surface area contributed by atoms with Crippen molar-refractivity contribution in [2.24, 2.45) is 0 Å². The Morgan fingerprint density at radius 3 is 2.75 bits per heavy atom. The molecule has 1 atom stereocenters. The topological polar surface area (TPSA) is 22.0 Å². The molecule has 1 unspecified atom stereocenters. The van der Waals surface area contributed by atoms with Gasteiger partial charge in [0.1, 0.15) is 5.02 Å². The van der Waals surface area contributed by atoms with Crippen LogP contribution in [0, 0.1) is 0 Å². The summed E-state index contributed by atoms with van der Waals surface area (Å²) in [5.74, 6) is 0. The number of alkyl halides is 1. The van der Waals surface area contributed by atoms with Gasteiger partial charge >= 0.3 is 0 Å². The van der Waals surface area contributed by atoms with Gasteiger partial charge in [-0.1, -0.05) is 42.9 Å². The summed E-state index contributed by atoms with van der Waals surface area (Å²) in [5, 5.41) is 2.33. The number of nitrogens with zero attached hydrogens (tertiary/aromatic N) is 1. The molecule has 92 valence electrons. The van der Waals surface area contributed by atoms with Crippen molar-refractivity contribution in [1.29, 1.82) is 0 Å². The first-order valence-corrected chi connectivity index (χ1v) is 7.28. The molecule has 5 heteroatoms. The van der Waals surface area contributed by atoms with Crippen molar-refractivity contribution in [3.05, 3.63) is 20.8 Å². The summed E-state index contributed by atoms with van der Waals surface area (Å²) in [7, 11) is 0. The van der Waals surface area contributed by atoms with Gasteiger partial charge in [0, 0.05) is 17.3 Å². The number of hydrogen-bond acceptors (Lipinski definition) is 2. The highest BCUT2D eigenvalue weighted by Crippen LogP contribution is 2.13. The van der Waals surface area contributed by atoms with Crippen molar-refractivity contribution < 1.29 is 0 Å². The fourth-order valence-electron chi connectivity index (χ4n) is 1.48. The molecule has 16 heavy (non-hydrogen) atoms. The van der Waals surface area contributed by atoms with Gasteiger partial charge in [-0.05, 0) is 19.3 Å². The van der Waals surface area contributed by atoms with E-state index in [4.69, 9.17) is 23.2 Å². The number of aromatic nitrogens is 1. The zero-order valence-electron chi connectivity index (χ0n) is 9.42. The fraction of sp³-hybridized carbons (Fsp3) is 0.727. The van der Waals surface area contributed by atoms with Crippen LogP contribution in [-0.2, 0) is 6.54 Å². The van der Waals surface area contributed by atoms with Crippen molar-refractivity contribution in [3.63, 3.8) is 0 Å². The van der Waals surface area contributed by atoms with Crippen LogP contribution in [0.5, 0.6) is 0 Å². The lowest BCUT2D eigenvalue weighted by Crippen LogP contribution is -2.13. The van der Waals surface area contributed by atoms with Gasteiger partial charge in [-0.2, -0.15) is 0 Å². The second-order valence-corrected chi connectivity index (χ2v) is 5.75. The Labute approximate surface area is 110 Å². The predicted molar refractivity (Wildman–Crippen MR) is 72.0 cm³/mol. The Hall–Kier alpha value is 0.01000. The molecule has 1 aromatic rings. The van der Waals surface area contributed by atoms with Crippen molar-refractivity contribution >= 4 is 34.7 Å². The summed E-state index contributed by atoms with van der Waals surface area (Å²) in [6, 6.07) is 0. The summed E-state index contributed by atoms with van der Waals surface area (Å²) in [5.41, 5.74) is -0.0598. The third-order valence-corrected chi connectivity index (χ3v) is 4.41. The first-order valence-electron chi connectivity index (χ1n) is 5.63. The molecule has 0 saturated carbocycles. The molecule has 1 aromatic heterocycles. The first kappa shape index (κ1) is 14.1. The standard InChI is InChI=1S/C11H17Cl2NOS/c1-2-9(12)6-4-3-5-7-14-11(15)10(13)8-16-14/h8-9H,2-7H2,1H3. The number of hydrogen-bond donors (Lipinski definition) is 0. The van der Waals surface area contributed by atoms with E-state index in [0.29, 0.717) is 10.4 Å². The molecule has 0 aromatic carbocycles. The maximum absolute atomic E-state index is 11.4. The van der Waals surface area contributed by atoms with Crippen molar-refractivity contribution in [3.8, 4) is 0 Å². The molecule has 0 fully saturated rings. The Balaban J connectivity index is 2.17. The highest BCUT2D eigenvalue weighted by atomic mass is 35.5. The number of aryl methyl sites for hydroxylation is 1. The van der Waals surface area contributed by atoms with E-state index in [-0.39, 0.29) is 5.56 Å². The molecule has 0 aliphatic heterocycles. The molecule has 0 amide bonds. The van der Waals surface area contributed by atoms with Gasteiger partial charge in [0.25, 0.3) is 5.56 Å². The number of unbranched alkanes of at least 4 members (excludes halogenated alkanes) is 2. The minimum absolute atomic E-state index is 0.0598. The first-order chi connectivity index (χ1) is 7.65. The van der Waals surface area contributed by atoms with Crippen LogP contribution in [0.25, 0.3) is 0 Å². The van der Waals surface area contributed by atoms with Crippen molar-refractivity contribution in [2.75, 3.05) is 0 Å². The van der Waals surface area contributed by atoms with Gasteiger partial charge in [0.15, 0.2) is 0 Å². The van der Waals surface area contributed by atoms with Crippen LogP contribution in [0.4, 0.5) is 0 Å². The molecule has 0 aliphatic carbocycles. The Kier molecular flexibility index (Phi) is 6.47. The second kappa shape index (κ2) is 7.36. The van der Waals surface area contributed by atoms with Crippen LogP contribution in [0.2, 0.25) is 5.02 Å². The third-order valence-electron chi connectivity index (χ3n) is 2.54. The van der Waals surface area contributed by atoms with E-state index >= 15 is 0 Å². The molecule has 1 heterocycles. The summed E-state index contributed by atoms with van der Waals surface area (Å²) >= 11 is 13.1. The van der Waals surface area contributed by atoms with E-state index in [1.807, 2.05) is 0 Å². The molecule has 0 aliphatic rings. The molecule has 0 saturated heterocycles. The summed E-state index contributed by atoms with van der Waals surface area (Å²) < 4.78 is 1.71. The van der Waals surface area contributed by atoms with E-state index in [0.717, 1.165) is 38.6 Å². The highest BCUT2D eigenvalue weighted by molar-refractivity contribution is 7.04. The molecule has 2 nitrogen and oxygen atoms in total. The number of rotatable bonds is 7. The summed E-state index contributed by atoms with van der Waals surface area (Å²) in [6.45, 7) is 2.88. The Morgan fingerprint density at radius 2 is 2.19 bits per heavy atom. The van der Waals surface area contributed by atoms with Crippen molar-refractivity contribution in [1.82, 2.24) is 3.96 Å². The highest BCUT2D eigenvalue weighted by Gasteiger charge is 2.04. The van der Waals surface area contributed by atoms with Gasteiger partial charge in [0.2, 0.25) is 0 Å². The van der Waals surface area contributed by atoms with Crippen LogP contribution in [0.15, 0.2) is 10.2 Å². The third kappa shape index (κ3) is 4.48. The monoisotopic (exact) mass is 281 g/mol. The second-order valence-electron chi connectivity index (χ2n) is 3.83. The molecular weight excluding hydrogens is 265 g/mol. The Bertz CT molecular complexity index is 361.